The molecule has 1 aromatic heterocycles. The van der Waals surface area contributed by atoms with Crippen molar-refractivity contribution in [1.29, 1.82) is 0 Å². The first-order chi connectivity index (χ1) is 9.15. The maximum atomic E-state index is 12.4. The van der Waals surface area contributed by atoms with Crippen LogP contribution in [0.2, 0.25) is 0 Å². The van der Waals surface area contributed by atoms with Crippen LogP contribution in [0.25, 0.3) is 0 Å². The molecular weight excluding hydrogens is 248 g/mol. The second-order valence-corrected chi connectivity index (χ2v) is 4.53. The molecule has 0 bridgehead atoms. The van der Waals surface area contributed by atoms with Crippen LogP contribution < -0.4 is 11.3 Å². The van der Waals surface area contributed by atoms with E-state index in [2.05, 4.69) is 10.4 Å². The fraction of sp³-hybridized carbons (Fsp3) is 0.500. The van der Waals surface area contributed by atoms with Crippen molar-refractivity contribution in [3.8, 4) is 0 Å². The number of aliphatic hydroxyl groups is 1. The van der Waals surface area contributed by atoms with Crippen molar-refractivity contribution >= 4 is 11.6 Å². The SMILES string of the molecule is CC1CN(C(=O)c2cnccc2NN)CC(CO)O1. The number of nitrogens with one attached hydrogen (secondary N) is 1. The lowest BCUT2D eigenvalue weighted by Crippen LogP contribution is -2.50. The summed E-state index contributed by atoms with van der Waals surface area (Å²) >= 11 is 0. The van der Waals surface area contributed by atoms with Gasteiger partial charge in [0.25, 0.3) is 5.91 Å². The number of anilines is 1. The Balaban J connectivity index is 2.18. The molecule has 1 saturated heterocycles. The maximum absolute atomic E-state index is 12.4. The highest BCUT2D eigenvalue weighted by atomic mass is 16.5. The van der Waals surface area contributed by atoms with E-state index in [-0.39, 0.29) is 24.7 Å². The minimum Gasteiger partial charge on any atom is -0.394 e. The highest BCUT2D eigenvalue weighted by Crippen LogP contribution is 2.18. The van der Waals surface area contributed by atoms with Gasteiger partial charge in [0.1, 0.15) is 0 Å². The van der Waals surface area contributed by atoms with Crippen LogP contribution in [0.15, 0.2) is 18.5 Å². The largest absolute Gasteiger partial charge is 0.394 e. The number of nitrogens with zero attached hydrogens (tertiary/aromatic N) is 2. The quantitative estimate of drug-likeness (QED) is 0.508. The van der Waals surface area contributed by atoms with Crippen LogP contribution >= 0.6 is 0 Å². The van der Waals surface area contributed by atoms with Crippen molar-refractivity contribution < 1.29 is 14.6 Å². The first-order valence-electron chi connectivity index (χ1n) is 6.12. The van der Waals surface area contributed by atoms with Gasteiger partial charge in [-0.1, -0.05) is 0 Å². The molecule has 7 nitrogen and oxygen atoms in total. The molecule has 4 N–H and O–H groups in total. The molecule has 0 spiro atoms. The lowest BCUT2D eigenvalue weighted by atomic mass is 10.1. The molecule has 1 aliphatic rings. The summed E-state index contributed by atoms with van der Waals surface area (Å²) in [6.45, 7) is 2.60. The Morgan fingerprint density at radius 2 is 2.47 bits per heavy atom. The molecular formula is C12H18N4O3. The number of amides is 1. The fourth-order valence-corrected chi connectivity index (χ4v) is 2.17. The molecule has 2 unspecified atom stereocenters. The molecule has 7 heteroatoms. The molecule has 2 heterocycles. The predicted octanol–water partition coefficient (Wildman–Crippen LogP) is -0.411. The molecule has 1 aromatic rings. The standard InChI is InChI=1S/C12H18N4O3/c1-8-5-16(6-9(7-17)19-8)12(18)10-4-14-3-2-11(10)15-13/h2-4,8-9,17H,5-7,13H2,1H3,(H,14,15). The first-order valence-corrected chi connectivity index (χ1v) is 6.12. The summed E-state index contributed by atoms with van der Waals surface area (Å²) in [4.78, 5) is 18.0. The molecule has 0 radical (unpaired) electrons. The monoisotopic (exact) mass is 266 g/mol. The van der Waals surface area contributed by atoms with E-state index in [0.717, 1.165) is 0 Å². The van der Waals surface area contributed by atoms with Gasteiger partial charge in [-0.25, -0.2) is 0 Å². The van der Waals surface area contributed by atoms with Gasteiger partial charge in [0.05, 0.1) is 30.1 Å². The van der Waals surface area contributed by atoms with Crippen LogP contribution in [0.5, 0.6) is 0 Å². The Bertz CT molecular complexity index is 454. The number of hydrazine groups is 1. The van der Waals surface area contributed by atoms with Crippen molar-refractivity contribution in [2.24, 2.45) is 5.84 Å². The molecule has 1 fully saturated rings. The normalized spacial score (nSPS) is 23.2. The highest BCUT2D eigenvalue weighted by molar-refractivity contribution is 5.99. The van der Waals surface area contributed by atoms with Crippen molar-refractivity contribution in [3.05, 3.63) is 24.0 Å². The molecule has 0 aromatic carbocycles. The fourth-order valence-electron chi connectivity index (χ4n) is 2.17. The summed E-state index contributed by atoms with van der Waals surface area (Å²) in [5.41, 5.74) is 3.42. The van der Waals surface area contributed by atoms with Gasteiger partial charge in [0, 0.05) is 25.5 Å². The molecule has 1 aliphatic heterocycles. The number of carbonyl (C=O) groups excluding carboxylic acids is 1. The lowest BCUT2D eigenvalue weighted by Gasteiger charge is -2.36. The van der Waals surface area contributed by atoms with E-state index in [1.54, 1.807) is 17.2 Å². The van der Waals surface area contributed by atoms with E-state index in [4.69, 9.17) is 10.6 Å². The summed E-state index contributed by atoms with van der Waals surface area (Å²) in [6.07, 6.45) is 2.58. The van der Waals surface area contributed by atoms with Gasteiger partial charge in [-0.15, -0.1) is 0 Å². The van der Waals surface area contributed by atoms with E-state index in [1.807, 2.05) is 6.92 Å². The van der Waals surface area contributed by atoms with Crippen molar-refractivity contribution in [2.45, 2.75) is 19.1 Å². The number of carbonyl (C=O) groups is 1. The van der Waals surface area contributed by atoms with E-state index in [0.29, 0.717) is 24.3 Å². The minimum atomic E-state index is -0.348. The first kappa shape index (κ1) is 13.7. The Morgan fingerprint density at radius 3 is 3.16 bits per heavy atom. The van der Waals surface area contributed by atoms with E-state index >= 15 is 0 Å². The summed E-state index contributed by atoms with van der Waals surface area (Å²) in [5.74, 6) is 5.21. The molecule has 2 atom stereocenters. The van der Waals surface area contributed by atoms with E-state index in [9.17, 15) is 9.90 Å². The number of aliphatic hydroxyl groups excluding tert-OH is 1. The van der Waals surface area contributed by atoms with Gasteiger partial charge in [0.2, 0.25) is 0 Å². The number of hydrogen-bond acceptors (Lipinski definition) is 6. The lowest BCUT2D eigenvalue weighted by molar-refractivity contribution is -0.0858. The number of morpholine rings is 1. The summed E-state index contributed by atoms with van der Waals surface area (Å²) in [5, 5.41) is 9.17. The Morgan fingerprint density at radius 1 is 1.68 bits per heavy atom. The maximum Gasteiger partial charge on any atom is 0.257 e. The van der Waals surface area contributed by atoms with Crippen molar-refractivity contribution in [2.75, 3.05) is 25.1 Å². The Labute approximate surface area is 111 Å². The van der Waals surface area contributed by atoms with Gasteiger partial charge in [-0.3, -0.25) is 15.6 Å². The van der Waals surface area contributed by atoms with Crippen LogP contribution in [-0.4, -0.2) is 52.8 Å². The van der Waals surface area contributed by atoms with E-state index in [1.165, 1.54) is 6.20 Å². The van der Waals surface area contributed by atoms with Crippen molar-refractivity contribution in [3.63, 3.8) is 0 Å². The topological polar surface area (TPSA) is 101 Å². The van der Waals surface area contributed by atoms with Crippen LogP contribution in [0.3, 0.4) is 0 Å². The van der Waals surface area contributed by atoms with Crippen LogP contribution in [0.4, 0.5) is 5.69 Å². The van der Waals surface area contributed by atoms with Gasteiger partial charge >= 0.3 is 0 Å². The zero-order chi connectivity index (χ0) is 13.8. The predicted molar refractivity (Wildman–Crippen MR) is 69.4 cm³/mol. The third-order valence-corrected chi connectivity index (χ3v) is 3.02. The van der Waals surface area contributed by atoms with Crippen molar-refractivity contribution in [1.82, 2.24) is 9.88 Å². The number of nitrogens with two attached hydrogens (primary N) is 1. The average Bonchev–Trinajstić information content (AvgIpc) is 2.45. The molecule has 0 saturated carbocycles. The van der Waals surface area contributed by atoms with Gasteiger partial charge in [-0.2, -0.15) is 0 Å². The summed E-state index contributed by atoms with van der Waals surface area (Å²) in [6, 6.07) is 1.64. The number of hydrogen-bond donors (Lipinski definition) is 3. The third kappa shape index (κ3) is 3.01. The minimum absolute atomic E-state index is 0.108. The average molecular weight is 266 g/mol. The van der Waals surface area contributed by atoms with Gasteiger partial charge < -0.3 is 20.2 Å². The zero-order valence-corrected chi connectivity index (χ0v) is 10.7. The Hall–Kier alpha value is -1.70. The molecule has 0 aliphatic carbocycles. The molecule has 1 amide bonds. The molecule has 2 rings (SSSR count). The van der Waals surface area contributed by atoms with E-state index < -0.39 is 0 Å². The smallest absolute Gasteiger partial charge is 0.257 e. The molecule has 19 heavy (non-hydrogen) atoms. The second-order valence-electron chi connectivity index (χ2n) is 4.53. The summed E-state index contributed by atoms with van der Waals surface area (Å²) in [7, 11) is 0. The highest BCUT2D eigenvalue weighted by Gasteiger charge is 2.29. The van der Waals surface area contributed by atoms with Crippen LogP contribution in [-0.2, 0) is 4.74 Å². The van der Waals surface area contributed by atoms with Crippen LogP contribution in [0.1, 0.15) is 17.3 Å². The van der Waals surface area contributed by atoms with Gasteiger partial charge in [0.15, 0.2) is 0 Å². The Kier molecular flexibility index (Phi) is 4.31. The number of nitrogen functional groups attached to an aromatic ring is 1. The molecule has 104 valence electrons. The summed E-state index contributed by atoms with van der Waals surface area (Å²) < 4.78 is 5.51. The zero-order valence-electron chi connectivity index (χ0n) is 10.7. The second kappa shape index (κ2) is 5.96. The number of pyridine rings is 1. The number of aromatic nitrogens is 1. The van der Waals surface area contributed by atoms with Gasteiger partial charge in [-0.05, 0) is 13.0 Å². The van der Waals surface area contributed by atoms with Crippen LogP contribution in [0, 0.1) is 0 Å². The number of ether oxygens (including phenoxy) is 1. The number of rotatable bonds is 3. The third-order valence-electron chi connectivity index (χ3n) is 3.02.